The van der Waals surface area contributed by atoms with Crippen molar-refractivity contribution in [3.05, 3.63) is 36.2 Å². The zero-order chi connectivity index (χ0) is 17.6. The van der Waals surface area contributed by atoms with Gasteiger partial charge in [0.1, 0.15) is 6.33 Å². The van der Waals surface area contributed by atoms with Crippen molar-refractivity contribution in [2.75, 3.05) is 13.7 Å². The Bertz CT molecular complexity index is 726. The number of tetrazole rings is 1. The molecule has 0 spiro atoms. The van der Waals surface area contributed by atoms with Crippen LogP contribution in [0, 0.1) is 0 Å². The number of benzene rings is 1. The number of esters is 1. The van der Waals surface area contributed by atoms with Crippen molar-refractivity contribution in [3.8, 4) is 5.69 Å². The first-order valence-electron chi connectivity index (χ1n) is 8.41. The van der Waals surface area contributed by atoms with Gasteiger partial charge in [0.2, 0.25) is 0 Å². The summed E-state index contributed by atoms with van der Waals surface area (Å²) in [4.78, 5) is 26.2. The van der Waals surface area contributed by atoms with Crippen LogP contribution in [0.4, 0.5) is 0 Å². The summed E-state index contributed by atoms with van der Waals surface area (Å²) in [6.45, 7) is -0.249. The fourth-order valence-corrected chi connectivity index (χ4v) is 3.04. The van der Waals surface area contributed by atoms with Crippen LogP contribution in [0.1, 0.15) is 42.5 Å². The molecular formula is C17H21N5O3. The minimum absolute atomic E-state index is 0.170. The zero-order valence-corrected chi connectivity index (χ0v) is 14.2. The summed E-state index contributed by atoms with van der Waals surface area (Å²) >= 11 is 0. The van der Waals surface area contributed by atoms with Crippen molar-refractivity contribution in [1.82, 2.24) is 25.1 Å². The second-order valence-electron chi connectivity index (χ2n) is 6.18. The first kappa shape index (κ1) is 17.1. The molecular weight excluding hydrogens is 322 g/mol. The van der Waals surface area contributed by atoms with Crippen LogP contribution in [-0.2, 0) is 9.53 Å². The molecule has 0 radical (unpaired) electrons. The minimum Gasteiger partial charge on any atom is -0.452 e. The van der Waals surface area contributed by atoms with E-state index in [4.69, 9.17) is 4.74 Å². The molecule has 1 aliphatic rings. The average molecular weight is 343 g/mol. The lowest BCUT2D eigenvalue weighted by atomic mass is 9.94. The summed E-state index contributed by atoms with van der Waals surface area (Å²) in [5.74, 6) is -0.711. The van der Waals surface area contributed by atoms with E-state index in [0.717, 1.165) is 25.7 Å². The van der Waals surface area contributed by atoms with Crippen LogP contribution in [0.25, 0.3) is 5.69 Å². The van der Waals surface area contributed by atoms with Crippen molar-refractivity contribution >= 4 is 11.9 Å². The number of carbonyl (C=O) groups is 2. The maximum Gasteiger partial charge on any atom is 0.338 e. The second-order valence-corrected chi connectivity index (χ2v) is 6.18. The minimum atomic E-state index is -0.541. The summed E-state index contributed by atoms with van der Waals surface area (Å²) in [6, 6.07) is 6.99. The van der Waals surface area contributed by atoms with E-state index in [9.17, 15) is 9.59 Å². The molecule has 0 atom stereocenters. The predicted molar refractivity (Wildman–Crippen MR) is 89.1 cm³/mol. The molecule has 1 amide bonds. The highest BCUT2D eigenvalue weighted by atomic mass is 16.5. The summed E-state index contributed by atoms with van der Waals surface area (Å²) in [5.41, 5.74) is 0.992. The van der Waals surface area contributed by atoms with Crippen LogP contribution in [0.3, 0.4) is 0 Å². The summed E-state index contributed by atoms with van der Waals surface area (Å²) in [6.07, 6.45) is 6.99. The summed E-state index contributed by atoms with van der Waals surface area (Å²) < 4.78 is 6.63. The van der Waals surface area contributed by atoms with E-state index in [1.54, 1.807) is 36.2 Å². The highest BCUT2D eigenvalue weighted by Crippen LogP contribution is 2.21. The fraction of sp³-hybridized carbons (Fsp3) is 0.471. The van der Waals surface area contributed by atoms with E-state index in [2.05, 4.69) is 15.5 Å². The van der Waals surface area contributed by atoms with Gasteiger partial charge in [-0.25, -0.2) is 9.48 Å². The molecule has 1 aromatic carbocycles. The van der Waals surface area contributed by atoms with Gasteiger partial charge >= 0.3 is 5.97 Å². The first-order chi connectivity index (χ1) is 12.1. The Labute approximate surface area is 145 Å². The first-order valence-corrected chi connectivity index (χ1v) is 8.41. The van der Waals surface area contributed by atoms with E-state index in [-0.39, 0.29) is 18.6 Å². The van der Waals surface area contributed by atoms with Gasteiger partial charge in [0.05, 0.1) is 11.3 Å². The van der Waals surface area contributed by atoms with Gasteiger partial charge in [-0.2, -0.15) is 0 Å². The number of nitrogens with zero attached hydrogens (tertiary/aromatic N) is 5. The summed E-state index contributed by atoms with van der Waals surface area (Å²) in [5, 5.41) is 10.9. The third-order valence-corrected chi connectivity index (χ3v) is 4.54. The van der Waals surface area contributed by atoms with Crippen molar-refractivity contribution in [3.63, 3.8) is 0 Å². The third kappa shape index (κ3) is 4.20. The Morgan fingerprint density at radius 3 is 2.80 bits per heavy atom. The molecule has 0 saturated heterocycles. The van der Waals surface area contributed by atoms with E-state index >= 15 is 0 Å². The molecule has 0 N–H and O–H groups in total. The van der Waals surface area contributed by atoms with E-state index < -0.39 is 5.97 Å². The van der Waals surface area contributed by atoms with E-state index in [1.807, 2.05) is 0 Å². The van der Waals surface area contributed by atoms with Crippen molar-refractivity contribution < 1.29 is 14.3 Å². The fourth-order valence-electron chi connectivity index (χ4n) is 3.04. The average Bonchev–Trinajstić information content (AvgIpc) is 3.21. The lowest BCUT2D eigenvalue weighted by Gasteiger charge is -2.31. The van der Waals surface area contributed by atoms with Crippen LogP contribution in [0.15, 0.2) is 30.6 Å². The van der Waals surface area contributed by atoms with Gasteiger partial charge in [-0.15, -0.1) is 5.10 Å². The number of likely N-dealkylation sites (N-methyl/N-ethyl adjacent to an activating group) is 1. The molecule has 132 valence electrons. The Hall–Kier alpha value is -2.77. The van der Waals surface area contributed by atoms with Crippen molar-refractivity contribution in [2.24, 2.45) is 0 Å². The van der Waals surface area contributed by atoms with Crippen LogP contribution >= 0.6 is 0 Å². The molecule has 1 aliphatic carbocycles. The van der Waals surface area contributed by atoms with Gasteiger partial charge in [-0.3, -0.25) is 4.79 Å². The molecule has 0 bridgehead atoms. The molecule has 2 aromatic rings. The standard InChI is InChI=1S/C17H21N5O3/c1-21(14-7-3-2-4-8-14)16(23)11-25-17(24)13-6-5-9-15(10-13)22-12-18-19-20-22/h5-6,9-10,12,14H,2-4,7-8,11H2,1H3. The van der Waals surface area contributed by atoms with Crippen LogP contribution in [0.5, 0.6) is 0 Å². The number of amides is 1. The number of hydrogen-bond acceptors (Lipinski definition) is 6. The molecule has 8 nitrogen and oxygen atoms in total. The molecule has 0 unspecified atom stereocenters. The SMILES string of the molecule is CN(C(=O)COC(=O)c1cccc(-n2cnnn2)c1)C1CCCCC1. The Morgan fingerprint density at radius 2 is 2.08 bits per heavy atom. The van der Waals surface area contributed by atoms with Gasteiger partial charge in [0.15, 0.2) is 6.61 Å². The highest BCUT2D eigenvalue weighted by molar-refractivity contribution is 5.91. The molecule has 8 heteroatoms. The lowest BCUT2D eigenvalue weighted by molar-refractivity contribution is -0.135. The summed E-state index contributed by atoms with van der Waals surface area (Å²) in [7, 11) is 1.78. The highest BCUT2D eigenvalue weighted by Gasteiger charge is 2.23. The van der Waals surface area contributed by atoms with Crippen molar-refractivity contribution in [2.45, 2.75) is 38.1 Å². The van der Waals surface area contributed by atoms with E-state index in [1.165, 1.54) is 17.4 Å². The van der Waals surface area contributed by atoms with Gasteiger partial charge in [0.25, 0.3) is 5.91 Å². The van der Waals surface area contributed by atoms with E-state index in [0.29, 0.717) is 11.3 Å². The van der Waals surface area contributed by atoms with Gasteiger partial charge in [-0.1, -0.05) is 25.3 Å². The quantitative estimate of drug-likeness (QED) is 0.766. The molecule has 3 rings (SSSR count). The number of ether oxygens (including phenoxy) is 1. The van der Waals surface area contributed by atoms with Gasteiger partial charge in [0, 0.05) is 13.1 Å². The Morgan fingerprint density at radius 1 is 1.28 bits per heavy atom. The van der Waals surface area contributed by atoms with Gasteiger partial charge < -0.3 is 9.64 Å². The van der Waals surface area contributed by atoms with Crippen LogP contribution in [0.2, 0.25) is 0 Å². The monoisotopic (exact) mass is 343 g/mol. The van der Waals surface area contributed by atoms with Crippen LogP contribution in [-0.4, -0.2) is 56.7 Å². The molecule has 1 aromatic heterocycles. The largest absolute Gasteiger partial charge is 0.452 e. The molecule has 1 heterocycles. The van der Waals surface area contributed by atoms with Gasteiger partial charge in [-0.05, 0) is 41.5 Å². The zero-order valence-electron chi connectivity index (χ0n) is 14.2. The number of hydrogen-bond donors (Lipinski definition) is 0. The lowest BCUT2D eigenvalue weighted by Crippen LogP contribution is -2.40. The predicted octanol–water partition coefficient (Wildman–Crippen LogP) is 1.61. The molecule has 1 saturated carbocycles. The normalized spacial score (nSPS) is 14.9. The maximum absolute atomic E-state index is 12.2. The number of rotatable bonds is 5. The van der Waals surface area contributed by atoms with Crippen LogP contribution < -0.4 is 0 Å². The molecule has 1 fully saturated rings. The number of aromatic nitrogens is 4. The maximum atomic E-state index is 12.2. The van der Waals surface area contributed by atoms with Crippen molar-refractivity contribution in [1.29, 1.82) is 0 Å². The Kier molecular flexibility index (Phi) is 5.37. The molecule has 25 heavy (non-hydrogen) atoms. The topological polar surface area (TPSA) is 90.2 Å². The molecule has 0 aliphatic heterocycles. The second kappa shape index (κ2) is 7.87. The third-order valence-electron chi connectivity index (χ3n) is 4.54. The number of carbonyl (C=O) groups excluding carboxylic acids is 2. The Balaban J connectivity index is 1.57. The smallest absolute Gasteiger partial charge is 0.338 e.